The van der Waals surface area contributed by atoms with Crippen LogP contribution in [0.25, 0.3) is 0 Å². The molecule has 4 nitrogen and oxygen atoms in total. The molecule has 1 aromatic heterocycles. The molecule has 0 bridgehead atoms. The molecular weight excluding hydrogens is 332 g/mol. The monoisotopic (exact) mass is 360 g/mol. The summed E-state index contributed by atoms with van der Waals surface area (Å²) in [6.45, 7) is 9.43. The predicted molar refractivity (Wildman–Crippen MR) is 114 cm³/mol. The van der Waals surface area contributed by atoms with Gasteiger partial charge in [0.2, 0.25) is 5.95 Å². The molecule has 1 N–H and O–H groups in total. The van der Waals surface area contributed by atoms with Crippen molar-refractivity contribution in [3.05, 3.63) is 77.5 Å². The fourth-order valence-electron chi connectivity index (χ4n) is 3.10. The number of nitrogens with one attached hydrogen (secondary N) is 1. The van der Waals surface area contributed by atoms with Crippen LogP contribution < -0.4 is 10.2 Å². The molecule has 0 unspecified atom stereocenters. The van der Waals surface area contributed by atoms with Crippen molar-refractivity contribution in [3.8, 4) is 0 Å². The van der Waals surface area contributed by atoms with Gasteiger partial charge in [-0.1, -0.05) is 69.3 Å². The van der Waals surface area contributed by atoms with Gasteiger partial charge in [-0.3, -0.25) is 0 Å². The fraction of sp³-hybridized carbons (Fsp3) is 0.304. The number of aryl methyl sites for hydroxylation is 1. The standard InChI is InChI=1S/C23H28N4/c1-17-15-21(25-20-14-10-9-13-19(20)23(2,3)4)26-22(24-17)27(5)16-18-11-7-6-8-12-18/h6-15H,16H2,1-5H3,(H,24,25,26). The summed E-state index contributed by atoms with van der Waals surface area (Å²) in [6.07, 6.45) is 0. The Kier molecular flexibility index (Phi) is 5.45. The van der Waals surface area contributed by atoms with Gasteiger partial charge in [0.15, 0.2) is 0 Å². The Labute approximate surface area is 162 Å². The molecule has 0 spiro atoms. The average molecular weight is 361 g/mol. The van der Waals surface area contributed by atoms with Crippen molar-refractivity contribution in [1.29, 1.82) is 0 Å². The van der Waals surface area contributed by atoms with Gasteiger partial charge < -0.3 is 10.2 Å². The number of hydrogen-bond donors (Lipinski definition) is 1. The first-order valence-corrected chi connectivity index (χ1v) is 9.30. The minimum Gasteiger partial charge on any atom is -0.340 e. The molecule has 3 aromatic rings. The molecule has 1 heterocycles. The zero-order valence-electron chi connectivity index (χ0n) is 16.8. The molecular formula is C23H28N4. The summed E-state index contributed by atoms with van der Waals surface area (Å²) < 4.78 is 0. The Balaban J connectivity index is 1.86. The van der Waals surface area contributed by atoms with Gasteiger partial charge >= 0.3 is 0 Å². The molecule has 0 amide bonds. The quantitative estimate of drug-likeness (QED) is 0.656. The first-order chi connectivity index (χ1) is 12.8. The molecule has 0 atom stereocenters. The fourth-order valence-corrected chi connectivity index (χ4v) is 3.10. The van der Waals surface area contributed by atoms with E-state index in [-0.39, 0.29) is 5.41 Å². The van der Waals surface area contributed by atoms with Crippen molar-refractivity contribution >= 4 is 17.5 Å². The summed E-state index contributed by atoms with van der Waals surface area (Å²) >= 11 is 0. The lowest BCUT2D eigenvalue weighted by atomic mass is 9.86. The molecule has 4 heteroatoms. The van der Waals surface area contributed by atoms with Crippen LogP contribution in [0.1, 0.15) is 37.6 Å². The highest BCUT2D eigenvalue weighted by Crippen LogP contribution is 2.31. The zero-order chi connectivity index (χ0) is 19.4. The van der Waals surface area contributed by atoms with Gasteiger partial charge in [-0.15, -0.1) is 0 Å². The number of aromatic nitrogens is 2. The first-order valence-electron chi connectivity index (χ1n) is 9.30. The summed E-state index contributed by atoms with van der Waals surface area (Å²) in [7, 11) is 2.02. The Morgan fingerprint density at radius 1 is 0.926 bits per heavy atom. The summed E-state index contributed by atoms with van der Waals surface area (Å²) in [5, 5.41) is 3.50. The van der Waals surface area contributed by atoms with Gasteiger partial charge in [0, 0.05) is 31.0 Å². The van der Waals surface area contributed by atoms with Crippen molar-refractivity contribution in [2.24, 2.45) is 0 Å². The molecule has 0 saturated heterocycles. The third-order valence-corrected chi connectivity index (χ3v) is 4.44. The molecule has 0 radical (unpaired) electrons. The van der Waals surface area contributed by atoms with E-state index in [2.05, 4.69) is 78.4 Å². The lowest BCUT2D eigenvalue weighted by Crippen LogP contribution is -2.20. The number of hydrogen-bond acceptors (Lipinski definition) is 4. The molecule has 3 rings (SSSR count). The van der Waals surface area contributed by atoms with Crippen molar-refractivity contribution < 1.29 is 0 Å². The van der Waals surface area contributed by atoms with Crippen LogP contribution >= 0.6 is 0 Å². The van der Waals surface area contributed by atoms with Crippen molar-refractivity contribution in [3.63, 3.8) is 0 Å². The third kappa shape index (κ3) is 4.85. The topological polar surface area (TPSA) is 41.1 Å². The van der Waals surface area contributed by atoms with Crippen LogP contribution in [0.5, 0.6) is 0 Å². The normalized spacial score (nSPS) is 11.3. The van der Waals surface area contributed by atoms with Crippen LogP contribution in [0, 0.1) is 6.92 Å². The van der Waals surface area contributed by atoms with Gasteiger partial charge in [-0.05, 0) is 29.5 Å². The minimum absolute atomic E-state index is 0.0542. The average Bonchev–Trinajstić information content (AvgIpc) is 2.61. The SMILES string of the molecule is Cc1cc(Nc2ccccc2C(C)(C)C)nc(N(C)Cc2ccccc2)n1. The molecule has 0 aliphatic rings. The first kappa shape index (κ1) is 18.9. The minimum atomic E-state index is 0.0542. The Bertz CT molecular complexity index is 898. The summed E-state index contributed by atoms with van der Waals surface area (Å²) in [4.78, 5) is 11.4. The Morgan fingerprint density at radius 3 is 2.30 bits per heavy atom. The summed E-state index contributed by atoms with van der Waals surface area (Å²) in [5.41, 5.74) is 4.58. The largest absolute Gasteiger partial charge is 0.340 e. The number of anilines is 3. The van der Waals surface area contributed by atoms with Crippen LogP contribution in [-0.4, -0.2) is 17.0 Å². The maximum absolute atomic E-state index is 4.75. The predicted octanol–water partition coefficient (Wildman–Crippen LogP) is 5.46. The van der Waals surface area contributed by atoms with Gasteiger partial charge in [-0.2, -0.15) is 4.98 Å². The van der Waals surface area contributed by atoms with E-state index in [0.29, 0.717) is 0 Å². The lowest BCUT2D eigenvalue weighted by molar-refractivity contribution is 0.592. The second-order valence-electron chi connectivity index (χ2n) is 7.96. The second-order valence-corrected chi connectivity index (χ2v) is 7.96. The lowest BCUT2D eigenvalue weighted by Gasteiger charge is -2.24. The summed E-state index contributed by atoms with van der Waals surface area (Å²) in [6, 6.07) is 20.7. The van der Waals surface area contributed by atoms with E-state index in [4.69, 9.17) is 4.98 Å². The number of nitrogens with zero attached hydrogens (tertiary/aromatic N) is 3. The number of rotatable bonds is 5. The summed E-state index contributed by atoms with van der Waals surface area (Å²) in [5.74, 6) is 1.53. The number of benzene rings is 2. The van der Waals surface area contributed by atoms with E-state index in [9.17, 15) is 0 Å². The highest BCUT2D eigenvalue weighted by molar-refractivity contribution is 5.63. The molecule has 0 saturated carbocycles. The molecule has 140 valence electrons. The Hall–Kier alpha value is -2.88. The smallest absolute Gasteiger partial charge is 0.227 e. The van der Waals surface area contributed by atoms with Crippen molar-refractivity contribution in [2.75, 3.05) is 17.3 Å². The van der Waals surface area contributed by atoms with Crippen molar-refractivity contribution in [1.82, 2.24) is 9.97 Å². The van der Waals surface area contributed by atoms with Crippen LogP contribution in [0.3, 0.4) is 0 Å². The third-order valence-electron chi connectivity index (χ3n) is 4.44. The van der Waals surface area contributed by atoms with Crippen LogP contribution in [0.15, 0.2) is 60.7 Å². The van der Waals surface area contributed by atoms with Gasteiger partial charge in [0.05, 0.1) is 0 Å². The highest BCUT2D eigenvalue weighted by Gasteiger charge is 2.18. The molecule has 0 aliphatic heterocycles. The second kappa shape index (κ2) is 7.78. The zero-order valence-corrected chi connectivity index (χ0v) is 16.8. The van der Waals surface area contributed by atoms with E-state index in [1.165, 1.54) is 11.1 Å². The number of para-hydroxylation sites is 1. The van der Waals surface area contributed by atoms with Crippen LogP contribution in [-0.2, 0) is 12.0 Å². The van der Waals surface area contributed by atoms with E-state index in [1.54, 1.807) is 0 Å². The highest BCUT2D eigenvalue weighted by atomic mass is 15.2. The molecule has 0 fully saturated rings. The van der Waals surface area contributed by atoms with Crippen molar-refractivity contribution in [2.45, 2.75) is 39.7 Å². The van der Waals surface area contributed by atoms with E-state index < -0.39 is 0 Å². The van der Waals surface area contributed by atoms with E-state index >= 15 is 0 Å². The molecule has 0 aliphatic carbocycles. The van der Waals surface area contributed by atoms with Gasteiger partial charge in [-0.25, -0.2) is 4.98 Å². The maximum Gasteiger partial charge on any atom is 0.227 e. The van der Waals surface area contributed by atoms with E-state index in [0.717, 1.165) is 29.7 Å². The van der Waals surface area contributed by atoms with Crippen LogP contribution in [0.2, 0.25) is 0 Å². The van der Waals surface area contributed by atoms with Gasteiger partial charge in [0.1, 0.15) is 5.82 Å². The van der Waals surface area contributed by atoms with Crippen LogP contribution in [0.4, 0.5) is 17.5 Å². The Morgan fingerprint density at radius 2 is 1.59 bits per heavy atom. The van der Waals surface area contributed by atoms with Gasteiger partial charge in [0.25, 0.3) is 0 Å². The van der Waals surface area contributed by atoms with E-state index in [1.807, 2.05) is 32.2 Å². The molecule has 27 heavy (non-hydrogen) atoms. The maximum atomic E-state index is 4.75. The molecule has 2 aromatic carbocycles.